The number of aliphatic hydroxyl groups excluding tert-OH is 1. The maximum atomic E-state index is 14.9. The Balaban J connectivity index is 1.93. The third kappa shape index (κ3) is 6.14. The van der Waals surface area contributed by atoms with Crippen LogP contribution in [0.15, 0.2) is 114 Å². The number of allylic oxidation sites excluding steroid dienone is 1. The lowest BCUT2D eigenvalue weighted by Gasteiger charge is -2.38. The SMILES string of the molecule is CCCC1=CC(C#Cc2ccccc2)(C(F)(F)F)C(O)C(C#Cc2ccccc2)=C1NC(=O)c1ccccc1. The molecule has 0 fully saturated rings. The molecule has 0 spiro atoms. The number of hydrogen-bond donors (Lipinski definition) is 2. The molecule has 39 heavy (non-hydrogen) atoms. The zero-order valence-corrected chi connectivity index (χ0v) is 21.2. The van der Waals surface area contributed by atoms with Gasteiger partial charge < -0.3 is 10.4 Å². The van der Waals surface area contributed by atoms with Gasteiger partial charge in [-0.05, 0) is 54.5 Å². The van der Waals surface area contributed by atoms with E-state index in [4.69, 9.17) is 0 Å². The van der Waals surface area contributed by atoms with Gasteiger partial charge in [-0.1, -0.05) is 91.6 Å². The Morgan fingerprint density at radius 3 is 1.95 bits per heavy atom. The first-order valence-corrected chi connectivity index (χ1v) is 12.5. The molecule has 3 nitrogen and oxygen atoms in total. The zero-order valence-electron chi connectivity index (χ0n) is 21.2. The number of carbonyl (C=O) groups is 1. The summed E-state index contributed by atoms with van der Waals surface area (Å²) in [6, 6.07) is 25.3. The number of carbonyl (C=O) groups excluding carboxylic acids is 1. The Bertz CT molecular complexity index is 1500. The number of rotatable bonds is 4. The van der Waals surface area contributed by atoms with E-state index in [1.807, 2.05) is 6.92 Å². The van der Waals surface area contributed by atoms with Crippen molar-refractivity contribution in [2.45, 2.75) is 32.0 Å². The summed E-state index contributed by atoms with van der Waals surface area (Å²) in [5, 5.41) is 14.2. The summed E-state index contributed by atoms with van der Waals surface area (Å²) in [6.07, 6.45) is -5.48. The van der Waals surface area contributed by atoms with Gasteiger partial charge in [0.1, 0.15) is 6.10 Å². The average Bonchev–Trinajstić information content (AvgIpc) is 2.94. The van der Waals surface area contributed by atoms with Crippen molar-refractivity contribution in [3.63, 3.8) is 0 Å². The topological polar surface area (TPSA) is 49.3 Å². The normalized spacial score (nSPS) is 18.7. The predicted octanol–water partition coefficient (Wildman–Crippen LogP) is 6.42. The van der Waals surface area contributed by atoms with Gasteiger partial charge in [-0.3, -0.25) is 4.79 Å². The Labute approximate surface area is 226 Å². The van der Waals surface area contributed by atoms with Crippen LogP contribution in [0.4, 0.5) is 13.2 Å². The van der Waals surface area contributed by atoms with Gasteiger partial charge in [0, 0.05) is 16.7 Å². The lowest BCUT2D eigenvalue weighted by molar-refractivity contribution is -0.208. The van der Waals surface area contributed by atoms with Crippen molar-refractivity contribution in [3.05, 3.63) is 131 Å². The molecule has 0 radical (unpaired) electrons. The van der Waals surface area contributed by atoms with Gasteiger partial charge in [-0.2, -0.15) is 13.2 Å². The lowest BCUT2D eigenvalue weighted by atomic mass is 9.71. The van der Waals surface area contributed by atoms with Crippen LogP contribution in [-0.4, -0.2) is 23.3 Å². The molecule has 0 aromatic heterocycles. The molecule has 0 bridgehead atoms. The second-order valence-corrected chi connectivity index (χ2v) is 9.03. The number of benzene rings is 3. The highest BCUT2D eigenvalue weighted by Crippen LogP contribution is 2.49. The van der Waals surface area contributed by atoms with E-state index in [0.717, 1.165) is 6.08 Å². The van der Waals surface area contributed by atoms with Crippen molar-refractivity contribution in [3.8, 4) is 23.7 Å². The molecule has 196 valence electrons. The largest absolute Gasteiger partial charge is 0.411 e. The van der Waals surface area contributed by atoms with Crippen molar-refractivity contribution in [1.29, 1.82) is 0 Å². The van der Waals surface area contributed by atoms with Gasteiger partial charge in [0.2, 0.25) is 0 Å². The van der Waals surface area contributed by atoms with Crippen molar-refractivity contribution in [2.24, 2.45) is 5.41 Å². The van der Waals surface area contributed by atoms with E-state index < -0.39 is 23.6 Å². The highest BCUT2D eigenvalue weighted by atomic mass is 19.4. The number of aliphatic hydroxyl groups is 1. The maximum Gasteiger partial charge on any atom is 0.411 e. The van der Waals surface area contributed by atoms with E-state index in [0.29, 0.717) is 23.1 Å². The number of amides is 1. The van der Waals surface area contributed by atoms with Crippen LogP contribution in [0.2, 0.25) is 0 Å². The van der Waals surface area contributed by atoms with Gasteiger partial charge in [0.25, 0.3) is 5.91 Å². The van der Waals surface area contributed by atoms with Crippen molar-refractivity contribution >= 4 is 5.91 Å². The van der Waals surface area contributed by atoms with Crippen LogP contribution >= 0.6 is 0 Å². The molecule has 1 amide bonds. The van der Waals surface area contributed by atoms with Crippen LogP contribution in [-0.2, 0) is 0 Å². The van der Waals surface area contributed by atoms with Crippen molar-refractivity contribution in [1.82, 2.24) is 5.32 Å². The van der Waals surface area contributed by atoms with E-state index in [9.17, 15) is 23.1 Å². The first-order valence-electron chi connectivity index (χ1n) is 12.5. The first kappa shape index (κ1) is 27.5. The average molecular weight is 526 g/mol. The van der Waals surface area contributed by atoms with E-state index in [2.05, 4.69) is 29.0 Å². The van der Waals surface area contributed by atoms with E-state index >= 15 is 0 Å². The van der Waals surface area contributed by atoms with Crippen LogP contribution < -0.4 is 5.32 Å². The number of halogens is 3. The van der Waals surface area contributed by atoms with Gasteiger partial charge in [0.05, 0.1) is 11.3 Å². The summed E-state index contributed by atoms with van der Waals surface area (Å²) in [4.78, 5) is 13.1. The summed E-state index contributed by atoms with van der Waals surface area (Å²) in [6.45, 7) is 1.82. The predicted molar refractivity (Wildman–Crippen MR) is 145 cm³/mol. The second kappa shape index (κ2) is 11.9. The summed E-state index contributed by atoms with van der Waals surface area (Å²) in [7, 11) is 0. The summed E-state index contributed by atoms with van der Waals surface area (Å²) in [5.74, 6) is 10.0. The van der Waals surface area contributed by atoms with E-state index in [-0.39, 0.29) is 23.3 Å². The minimum Gasteiger partial charge on any atom is -0.385 e. The number of nitrogens with one attached hydrogen (secondary N) is 1. The third-order valence-electron chi connectivity index (χ3n) is 6.26. The van der Waals surface area contributed by atoms with Crippen LogP contribution in [0.1, 0.15) is 41.3 Å². The molecule has 2 atom stereocenters. The molecule has 1 aliphatic carbocycles. The van der Waals surface area contributed by atoms with Crippen LogP contribution in [0.25, 0.3) is 0 Å². The number of alkyl halides is 3. The summed E-state index contributed by atoms with van der Waals surface area (Å²) < 4.78 is 44.7. The maximum absolute atomic E-state index is 14.9. The molecule has 3 aromatic carbocycles. The van der Waals surface area contributed by atoms with Gasteiger partial charge >= 0.3 is 6.18 Å². The fourth-order valence-corrected chi connectivity index (χ4v) is 4.25. The second-order valence-electron chi connectivity index (χ2n) is 9.03. The Hall–Kier alpha value is -4.52. The Kier molecular flexibility index (Phi) is 8.39. The minimum atomic E-state index is -4.94. The standard InChI is InChI=1S/C33H26F3NO2/c1-2-12-27-23-32(33(34,35)36,22-21-25-15-8-4-9-16-25)30(38)28(20-19-24-13-6-3-7-14-24)29(27)37-31(39)26-17-10-5-11-18-26/h3-11,13-18,23,30,38H,2,12H2,1H3,(H,37,39). The first-order chi connectivity index (χ1) is 18.7. The smallest absolute Gasteiger partial charge is 0.385 e. The zero-order chi connectivity index (χ0) is 27.9. The van der Waals surface area contributed by atoms with Crippen molar-refractivity contribution in [2.75, 3.05) is 0 Å². The molecular weight excluding hydrogens is 499 g/mol. The van der Waals surface area contributed by atoms with Gasteiger partial charge in [-0.15, -0.1) is 0 Å². The molecule has 2 N–H and O–H groups in total. The summed E-state index contributed by atoms with van der Waals surface area (Å²) in [5.41, 5.74) is -1.65. The van der Waals surface area contributed by atoms with Crippen LogP contribution in [0.3, 0.4) is 0 Å². The summed E-state index contributed by atoms with van der Waals surface area (Å²) >= 11 is 0. The molecular formula is C33H26F3NO2. The molecule has 1 aliphatic rings. The van der Waals surface area contributed by atoms with Crippen LogP contribution in [0.5, 0.6) is 0 Å². The fourth-order valence-electron chi connectivity index (χ4n) is 4.25. The Morgan fingerprint density at radius 1 is 0.872 bits per heavy atom. The molecule has 0 saturated heterocycles. The molecule has 2 unspecified atom stereocenters. The molecule has 4 rings (SSSR count). The molecule has 0 aliphatic heterocycles. The van der Waals surface area contributed by atoms with Crippen molar-refractivity contribution < 1.29 is 23.1 Å². The number of hydrogen-bond acceptors (Lipinski definition) is 2. The molecule has 6 heteroatoms. The highest BCUT2D eigenvalue weighted by molar-refractivity contribution is 5.96. The van der Waals surface area contributed by atoms with E-state index in [1.54, 1.807) is 91.0 Å². The highest BCUT2D eigenvalue weighted by Gasteiger charge is 2.60. The monoisotopic (exact) mass is 525 g/mol. The molecule has 3 aromatic rings. The van der Waals surface area contributed by atoms with Crippen LogP contribution in [0, 0.1) is 29.1 Å². The molecule has 0 heterocycles. The van der Waals surface area contributed by atoms with Gasteiger partial charge in [0.15, 0.2) is 5.41 Å². The Morgan fingerprint density at radius 2 is 1.41 bits per heavy atom. The fraction of sp³-hybridized carbons (Fsp3) is 0.182. The molecule has 0 saturated carbocycles. The van der Waals surface area contributed by atoms with Gasteiger partial charge in [-0.25, -0.2) is 0 Å². The third-order valence-corrected chi connectivity index (χ3v) is 6.26. The lowest BCUT2D eigenvalue weighted by Crippen LogP contribution is -2.49. The minimum absolute atomic E-state index is 0.0722. The quantitative estimate of drug-likeness (QED) is 0.386. The van der Waals surface area contributed by atoms with E-state index in [1.165, 1.54) is 0 Å².